The van der Waals surface area contributed by atoms with Crippen LogP contribution in [0.2, 0.25) is 5.02 Å². The van der Waals surface area contributed by atoms with E-state index in [0.29, 0.717) is 0 Å². The van der Waals surface area contributed by atoms with Crippen molar-refractivity contribution in [2.75, 3.05) is 25.0 Å². The Morgan fingerprint density at radius 1 is 1.29 bits per heavy atom. The molecule has 13 heteroatoms. The van der Waals surface area contributed by atoms with Crippen LogP contribution in [0.15, 0.2) is 41.4 Å². The number of pyridine rings is 1. The Balaban J connectivity index is 1.64. The van der Waals surface area contributed by atoms with E-state index in [1.54, 1.807) is 0 Å². The molecule has 0 bridgehead atoms. The Morgan fingerprint density at radius 3 is 2.38 bits per heavy atom. The van der Waals surface area contributed by atoms with Crippen molar-refractivity contribution in [2.45, 2.75) is 35.0 Å². The van der Waals surface area contributed by atoms with Gasteiger partial charge in [-0.15, -0.1) is 0 Å². The van der Waals surface area contributed by atoms with E-state index in [4.69, 9.17) is 16.7 Å². The zero-order valence-electron chi connectivity index (χ0n) is 17.7. The Hall–Kier alpha value is -2.41. The van der Waals surface area contributed by atoms with E-state index in [-0.39, 0.29) is 47.9 Å². The van der Waals surface area contributed by atoms with Crippen LogP contribution < -0.4 is 5.32 Å². The maximum atomic E-state index is 15.6. The minimum absolute atomic E-state index is 0.00802. The van der Waals surface area contributed by atoms with E-state index in [0.717, 1.165) is 12.1 Å². The number of amides is 2. The van der Waals surface area contributed by atoms with Gasteiger partial charge in [0.25, 0.3) is 0 Å². The molecule has 3 rings (SSSR count). The molecule has 1 aliphatic heterocycles. The molecular formula is C21H22ClF4N3O4S. The zero-order chi connectivity index (χ0) is 25.3. The van der Waals surface area contributed by atoms with Crippen molar-refractivity contribution < 1.29 is 36.8 Å². The number of aliphatic hydroxyl groups is 2. The highest BCUT2D eigenvalue weighted by atomic mass is 35.5. The van der Waals surface area contributed by atoms with Crippen LogP contribution in [-0.4, -0.2) is 61.4 Å². The predicted octanol–water partition coefficient (Wildman–Crippen LogP) is 3.85. The number of carbonyl (C=O) groups is 1. The molecule has 186 valence electrons. The molecule has 0 spiro atoms. The number of benzene rings is 1. The molecule has 1 aliphatic rings. The Labute approximate surface area is 198 Å². The van der Waals surface area contributed by atoms with E-state index < -0.39 is 44.3 Å². The Morgan fingerprint density at radius 2 is 1.88 bits per heavy atom. The summed E-state index contributed by atoms with van der Waals surface area (Å²) in [6.45, 7) is -0.512. The summed E-state index contributed by atoms with van der Waals surface area (Å²) in [5.41, 5.74) is -6.52. The number of anilines is 1. The number of carbonyl (C=O) groups excluding carboxylic acids is 1. The molecule has 34 heavy (non-hydrogen) atoms. The number of likely N-dealkylation sites (tertiary alicyclic amines) is 1. The molecule has 2 atom stereocenters. The number of halogens is 5. The van der Waals surface area contributed by atoms with Gasteiger partial charge in [-0.2, -0.15) is 13.2 Å². The molecule has 1 saturated heterocycles. The van der Waals surface area contributed by atoms with E-state index in [2.05, 4.69) is 16.2 Å². The Kier molecular flexibility index (Phi) is 7.46. The average Bonchev–Trinajstić information content (AvgIpc) is 2.78. The van der Waals surface area contributed by atoms with Gasteiger partial charge in [0.15, 0.2) is 5.67 Å². The van der Waals surface area contributed by atoms with Crippen LogP contribution in [0.3, 0.4) is 0 Å². The molecular weight excluding hydrogens is 502 g/mol. The smallest absolute Gasteiger partial charge is 0.393 e. The number of nitrogens with zero attached hydrogens (tertiary/aromatic N) is 2. The number of rotatable bonds is 5. The predicted molar refractivity (Wildman–Crippen MR) is 120 cm³/mol. The van der Waals surface area contributed by atoms with Crippen molar-refractivity contribution in [3.8, 4) is 0 Å². The van der Waals surface area contributed by atoms with Gasteiger partial charge in [-0.25, -0.2) is 9.18 Å². The third-order valence-electron chi connectivity index (χ3n) is 5.55. The molecule has 1 aromatic heterocycles. The summed E-state index contributed by atoms with van der Waals surface area (Å²) in [6, 6.07) is 5.07. The lowest BCUT2D eigenvalue weighted by molar-refractivity contribution is -0.0392. The van der Waals surface area contributed by atoms with Crippen LogP contribution in [0.25, 0.3) is 0 Å². The minimum Gasteiger partial charge on any atom is -0.393 e. The maximum Gasteiger partial charge on any atom is 0.467 e. The fourth-order valence-corrected chi connectivity index (χ4v) is 4.65. The number of hydrogen-bond acceptors (Lipinski definition) is 5. The molecule has 3 N–H and O–H groups in total. The molecule has 2 heterocycles. The zero-order valence-corrected chi connectivity index (χ0v) is 19.3. The first-order valence-corrected chi connectivity index (χ1v) is 12.1. The number of nitrogens with one attached hydrogen (secondary N) is 1. The van der Waals surface area contributed by atoms with E-state index >= 15 is 4.39 Å². The van der Waals surface area contributed by atoms with Gasteiger partial charge in [-0.05, 0) is 36.2 Å². The number of piperidine rings is 1. The van der Waals surface area contributed by atoms with Crippen molar-refractivity contribution in [1.82, 2.24) is 9.88 Å². The highest BCUT2D eigenvalue weighted by Crippen LogP contribution is 2.40. The standard InChI is InChI=1S/C21H22ClF4N3O4S/c1-34(33,21(24,25)26)15-4-2-14(3-5-15)28-19(32)29-8-6-20(23,7-9-29)18-16(22)10-13(11-27-18)17(31)12-30/h2-5,10-11,17,30-31H,1,6-9,12H2,(H,28,32)/t17-,34?/m1/s1. The quantitative estimate of drug-likeness (QED) is 0.408. The summed E-state index contributed by atoms with van der Waals surface area (Å²) < 4.78 is 66.0. The third-order valence-corrected chi connectivity index (χ3v) is 7.62. The van der Waals surface area contributed by atoms with E-state index in [1.807, 2.05) is 0 Å². The molecule has 1 fully saturated rings. The summed E-state index contributed by atoms with van der Waals surface area (Å²) in [5, 5.41) is 21.2. The van der Waals surface area contributed by atoms with Gasteiger partial charge in [-0.1, -0.05) is 11.6 Å². The number of aromatic nitrogens is 1. The average molecular weight is 524 g/mol. The van der Waals surface area contributed by atoms with Gasteiger partial charge in [0, 0.05) is 48.3 Å². The molecule has 1 unspecified atom stereocenters. The first-order chi connectivity index (χ1) is 15.8. The summed E-state index contributed by atoms with van der Waals surface area (Å²) in [7, 11) is -4.50. The van der Waals surface area contributed by atoms with Crippen molar-refractivity contribution in [3.63, 3.8) is 0 Å². The number of hydrogen-bond donors (Lipinski definition) is 3. The fourth-order valence-electron chi connectivity index (χ4n) is 3.47. The van der Waals surface area contributed by atoms with Gasteiger partial charge in [0.2, 0.25) is 0 Å². The lowest BCUT2D eigenvalue weighted by Crippen LogP contribution is -2.45. The fraction of sp³-hybridized carbons (Fsp3) is 0.381. The SMILES string of the molecule is C=S(=O)(c1ccc(NC(=O)N2CCC(F)(c3ncc([C@H](O)CO)cc3Cl)CC2)cc1)C(F)(F)F. The molecule has 0 aliphatic carbocycles. The minimum atomic E-state index is -5.00. The first-order valence-electron chi connectivity index (χ1n) is 10.0. The number of urea groups is 1. The van der Waals surface area contributed by atoms with Crippen LogP contribution in [0.4, 0.5) is 28.0 Å². The maximum absolute atomic E-state index is 15.6. The second kappa shape index (κ2) is 9.68. The summed E-state index contributed by atoms with van der Waals surface area (Å²) in [6.07, 6.45) is -0.177. The monoisotopic (exact) mass is 523 g/mol. The molecule has 2 amide bonds. The largest absolute Gasteiger partial charge is 0.467 e. The lowest BCUT2D eigenvalue weighted by Gasteiger charge is -2.36. The summed E-state index contributed by atoms with van der Waals surface area (Å²) in [5.74, 6) is 2.77. The van der Waals surface area contributed by atoms with Gasteiger partial charge < -0.3 is 20.4 Å². The van der Waals surface area contributed by atoms with Gasteiger partial charge >= 0.3 is 11.5 Å². The van der Waals surface area contributed by atoms with E-state index in [9.17, 15) is 27.3 Å². The van der Waals surface area contributed by atoms with Gasteiger partial charge in [-0.3, -0.25) is 9.19 Å². The van der Waals surface area contributed by atoms with Crippen LogP contribution >= 0.6 is 11.6 Å². The third kappa shape index (κ3) is 5.29. The van der Waals surface area contributed by atoms with Crippen molar-refractivity contribution in [3.05, 3.63) is 52.8 Å². The van der Waals surface area contributed by atoms with Gasteiger partial charge in [0.05, 0.1) is 26.8 Å². The molecule has 0 radical (unpaired) electrons. The summed E-state index contributed by atoms with van der Waals surface area (Å²) in [4.78, 5) is 17.4. The topological polar surface area (TPSA) is 103 Å². The molecule has 1 aromatic carbocycles. The second-order valence-corrected chi connectivity index (χ2v) is 10.5. The van der Waals surface area contributed by atoms with Crippen LogP contribution in [0, 0.1) is 0 Å². The van der Waals surface area contributed by atoms with Crippen LogP contribution in [-0.2, 0) is 15.2 Å². The van der Waals surface area contributed by atoms with Crippen molar-refractivity contribution in [1.29, 1.82) is 0 Å². The summed E-state index contributed by atoms with van der Waals surface area (Å²) >= 11 is 6.15. The lowest BCUT2D eigenvalue weighted by atomic mass is 9.89. The molecule has 0 saturated carbocycles. The van der Waals surface area contributed by atoms with Crippen LogP contribution in [0.1, 0.15) is 30.2 Å². The number of alkyl halides is 4. The van der Waals surface area contributed by atoms with Crippen LogP contribution in [0.5, 0.6) is 0 Å². The van der Waals surface area contributed by atoms with E-state index in [1.165, 1.54) is 29.3 Å². The normalized spacial score (nSPS) is 18.7. The number of aliphatic hydroxyl groups excluding tert-OH is 2. The molecule has 2 aromatic rings. The highest BCUT2D eigenvalue weighted by Gasteiger charge is 2.41. The first kappa shape index (κ1) is 26.2. The van der Waals surface area contributed by atoms with Crippen molar-refractivity contribution in [2.24, 2.45) is 0 Å². The Bertz CT molecular complexity index is 1150. The highest BCUT2D eigenvalue weighted by molar-refractivity contribution is 8.01. The second-order valence-electron chi connectivity index (χ2n) is 7.83. The van der Waals surface area contributed by atoms with Crippen molar-refractivity contribution >= 4 is 38.7 Å². The van der Waals surface area contributed by atoms with Gasteiger partial charge in [0.1, 0.15) is 6.10 Å². The molecule has 7 nitrogen and oxygen atoms in total.